The fourth-order valence-electron chi connectivity index (χ4n) is 3.21. The van der Waals surface area contributed by atoms with Gasteiger partial charge in [0.2, 0.25) is 0 Å². The molecular formula is C17H19N3O5S. The highest BCUT2D eigenvalue weighted by atomic mass is 32.2. The van der Waals surface area contributed by atoms with Gasteiger partial charge in [0.25, 0.3) is 5.91 Å². The van der Waals surface area contributed by atoms with Crippen molar-refractivity contribution in [2.75, 3.05) is 31.1 Å². The molecule has 8 nitrogen and oxygen atoms in total. The molecule has 2 aromatic heterocycles. The molecule has 0 radical (unpaired) electrons. The summed E-state index contributed by atoms with van der Waals surface area (Å²) in [6.07, 6.45) is 3.64. The average Bonchev–Trinajstić information content (AvgIpc) is 3.36. The first kappa shape index (κ1) is 17.0. The van der Waals surface area contributed by atoms with Crippen molar-refractivity contribution in [3.05, 3.63) is 48.3 Å². The van der Waals surface area contributed by atoms with Crippen molar-refractivity contribution in [3.8, 4) is 0 Å². The first-order valence-corrected chi connectivity index (χ1v) is 10.2. The van der Waals surface area contributed by atoms with E-state index in [1.54, 1.807) is 24.7 Å². The molecule has 1 saturated heterocycles. The van der Waals surface area contributed by atoms with Crippen molar-refractivity contribution in [2.24, 2.45) is 5.10 Å². The van der Waals surface area contributed by atoms with E-state index in [1.807, 2.05) is 17.0 Å². The van der Waals surface area contributed by atoms with Gasteiger partial charge in [-0.1, -0.05) is 0 Å². The van der Waals surface area contributed by atoms with Crippen LogP contribution in [0.4, 0.5) is 0 Å². The van der Waals surface area contributed by atoms with E-state index in [4.69, 9.17) is 8.83 Å². The number of sulfone groups is 1. The third kappa shape index (κ3) is 3.45. The Labute approximate surface area is 151 Å². The summed E-state index contributed by atoms with van der Waals surface area (Å²) in [5.41, 5.74) is 0.686. The Balaban J connectivity index is 1.52. The molecule has 4 heterocycles. The second-order valence-electron chi connectivity index (χ2n) is 6.43. The van der Waals surface area contributed by atoms with Gasteiger partial charge in [-0.25, -0.2) is 13.4 Å². The average molecular weight is 377 g/mol. The maximum Gasteiger partial charge on any atom is 0.257 e. The Hall–Kier alpha value is -2.39. The standard InChI is InChI=1S/C17H19N3O5S/c21-17(12-19-5-9-26(22,23)10-6-19)20-14(16-4-2-8-25-16)11-13(18-20)15-3-1-7-24-15/h1-4,7-8,14H,5-6,9-12H2. The summed E-state index contributed by atoms with van der Waals surface area (Å²) in [4.78, 5) is 14.7. The summed E-state index contributed by atoms with van der Waals surface area (Å²) in [5.74, 6) is 1.27. The molecule has 2 aromatic rings. The Bertz CT molecular complexity index is 888. The van der Waals surface area contributed by atoms with Crippen LogP contribution >= 0.6 is 0 Å². The molecule has 9 heteroatoms. The lowest BCUT2D eigenvalue weighted by Crippen LogP contribution is -2.45. The number of carbonyl (C=O) groups excluding carboxylic acids is 1. The molecule has 0 aromatic carbocycles. The van der Waals surface area contributed by atoms with Gasteiger partial charge in [0.05, 0.1) is 30.6 Å². The van der Waals surface area contributed by atoms with Gasteiger partial charge in [-0.2, -0.15) is 5.10 Å². The quantitative estimate of drug-likeness (QED) is 0.796. The number of rotatable bonds is 4. The third-order valence-electron chi connectivity index (χ3n) is 4.64. The van der Waals surface area contributed by atoms with Crippen LogP contribution in [0.3, 0.4) is 0 Å². The van der Waals surface area contributed by atoms with E-state index in [2.05, 4.69) is 5.10 Å². The molecule has 1 amide bonds. The van der Waals surface area contributed by atoms with Gasteiger partial charge in [-0.05, 0) is 24.3 Å². The molecule has 26 heavy (non-hydrogen) atoms. The van der Waals surface area contributed by atoms with Crippen LogP contribution in [0.5, 0.6) is 0 Å². The fraction of sp³-hybridized carbons (Fsp3) is 0.412. The van der Waals surface area contributed by atoms with Crippen molar-refractivity contribution in [1.82, 2.24) is 9.91 Å². The third-order valence-corrected chi connectivity index (χ3v) is 6.25. The van der Waals surface area contributed by atoms with Crippen LogP contribution in [0.2, 0.25) is 0 Å². The van der Waals surface area contributed by atoms with Gasteiger partial charge < -0.3 is 8.83 Å². The smallest absolute Gasteiger partial charge is 0.257 e. The molecule has 138 valence electrons. The van der Waals surface area contributed by atoms with Crippen LogP contribution in [-0.2, 0) is 14.6 Å². The van der Waals surface area contributed by atoms with Crippen LogP contribution in [0.1, 0.15) is 24.0 Å². The van der Waals surface area contributed by atoms with Crippen molar-refractivity contribution in [2.45, 2.75) is 12.5 Å². The molecule has 0 aliphatic carbocycles. The minimum Gasteiger partial charge on any atom is -0.467 e. The minimum atomic E-state index is -2.98. The summed E-state index contributed by atoms with van der Waals surface area (Å²) in [6.45, 7) is 0.853. The van der Waals surface area contributed by atoms with Crippen molar-refractivity contribution < 1.29 is 22.0 Å². The molecule has 0 saturated carbocycles. The highest BCUT2D eigenvalue weighted by molar-refractivity contribution is 7.91. The molecule has 0 spiro atoms. The van der Waals surface area contributed by atoms with E-state index in [0.717, 1.165) is 0 Å². The van der Waals surface area contributed by atoms with Gasteiger partial charge in [0.15, 0.2) is 9.84 Å². The van der Waals surface area contributed by atoms with Gasteiger partial charge in [0.1, 0.15) is 23.3 Å². The molecule has 0 N–H and O–H groups in total. The van der Waals surface area contributed by atoms with E-state index in [9.17, 15) is 13.2 Å². The Morgan fingerprint density at radius 2 is 1.88 bits per heavy atom. The normalized spacial score (nSPS) is 23.2. The number of carbonyl (C=O) groups is 1. The lowest BCUT2D eigenvalue weighted by Gasteiger charge is -2.28. The lowest BCUT2D eigenvalue weighted by molar-refractivity contribution is -0.134. The molecule has 2 aliphatic rings. The number of amides is 1. The Morgan fingerprint density at radius 3 is 2.54 bits per heavy atom. The maximum absolute atomic E-state index is 12.9. The molecule has 4 rings (SSSR count). The van der Waals surface area contributed by atoms with Crippen LogP contribution in [0, 0.1) is 0 Å². The summed E-state index contributed by atoms with van der Waals surface area (Å²) in [7, 11) is -2.98. The van der Waals surface area contributed by atoms with Gasteiger partial charge in [-0.15, -0.1) is 0 Å². The summed E-state index contributed by atoms with van der Waals surface area (Å²) < 4.78 is 34.0. The number of hydrazone groups is 1. The van der Waals surface area contributed by atoms with Crippen LogP contribution in [0.15, 0.2) is 50.7 Å². The SMILES string of the molecule is O=C(CN1CCS(=O)(=O)CC1)N1N=C(c2ccco2)CC1c1ccco1. The number of nitrogens with zero attached hydrogens (tertiary/aromatic N) is 3. The topological polar surface area (TPSA) is 96.3 Å². The Morgan fingerprint density at radius 1 is 1.15 bits per heavy atom. The summed E-state index contributed by atoms with van der Waals surface area (Å²) >= 11 is 0. The molecule has 1 unspecified atom stereocenters. The fourth-order valence-corrected chi connectivity index (χ4v) is 4.48. The summed E-state index contributed by atoms with van der Waals surface area (Å²) in [6, 6.07) is 6.85. The zero-order valence-corrected chi connectivity index (χ0v) is 14.9. The monoisotopic (exact) mass is 377 g/mol. The number of furan rings is 2. The van der Waals surface area contributed by atoms with E-state index < -0.39 is 9.84 Å². The second-order valence-corrected chi connectivity index (χ2v) is 8.73. The van der Waals surface area contributed by atoms with E-state index in [-0.39, 0.29) is 30.0 Å². The van der Waals surface area contributed by atoms with Crippen LogP contribution in [-0.4, -0.2) is 61.1 Å². The number of hydrogen-bond donors (Lipinski definition) is 0. The van der Waals surface area contributed by atoms with Crippen LogP contribution in [0.25, 0.3) is 0 Å². The van der Waals surface area contributed by atoms with Crippen molar-refractivity contribution in [1.29, 1.82) is 0 Å². The van der Waals surface area contributed by atoms with Crippen molar-refractivity contribution in [3.63, 3.8) is 0 Å². The minimum absolute atomic E-state index is 0.0861. The predicted octanol–water partition coefficient (Wildman–Crippen LogP) is 1.28. The zero-order chi connectivity index (χ0) is 18.1. The molecule has 2 aliphatic heterocycles. The highest BCUT2D eigenvalue weighted by Gasteiger charge is 2.36. The first-order valence-electron chi connectivity index (χ1n) is 8.41. The van der Waals surface area contributed by atoms with Gasteiger partial charge in [-0.3, -0.25) is 9.69 Å². The van der Waals surface area contributed by atoms with Gasteiger partial charge in [0, 0.05) is 19.5 Å². The lowest BCUT2D eigenvalue weighted by atomic mass is 10.1. The van der Waals surface area contributed by atoms with Crippen molar-refractivity contribution >= 4 is 21.5 Å². The van der Waals surface area contributed by atoms with E-state index in [1.165, 1.54) is 5.01 Å². The van der Waals surface area contributed by atoms with Gasteiger partial charge >= 0.3 is 0 Å². The predicted molar refractivity (Wildman–Crippen MR) is 93.3 cm³/mol. The highest BCUT2D eigenvalue weighted by Crippen LogP contribution is 2.33. The first-order chi connectivity index (χ1) is 12.5. The zero-order valence-electron chi connectivity index (χ0n) is 14.1. The number of hydrogen-bond acceptors (Lipinski definition) is 7. The maximum atomic E-state index is 12.9. The molecule has 0 bridgehead atoms. The largest absolute Gasteiger partial charge is 0.467 e. The molecular weight excluding hydrogens is 358 g/mol. The molecule has 1 atom stereocenters. The van der Waals surface area contributed by atoms with Crippen LogP contribution < -0.4 is 0 Å². The second kappa shape index (κ2) is 6.73. The van der Waals surface area contributed by atoms with E-state index >= 15 is 0 Å². The van der Waals surface area contributed by atoms with E-state index in [0.29, 0.717) is 36.7 Å². The summed E-state index contributed by atoms with van der Waals surface area (Å²) in [5, 5.41) is 5.89. The Kier molecular flexibility index (Phi) is 4.41. The molecule has 1 fully saturated rings.